The van der Waals surface area contributed by atoms with Crippen LogP contribution in [0.25, 0.3) is 22.6 Å². The van der Waals surface area contributed by atoms with E-state index in [1.54, 1.807) is 24.3 Å². The van der Waals surface area contributed by atoms with Crippen molar-refractivity contribution in [3.63, 3.8) is 0 Å². The fourth-order valence-electron chi connectivity index (χ4n) is 2.05. The predicted octanol–water partition coefficient (Wildman–Crippen LogP) is 2.45. The molecule has 1 aromatic carbocycles. The summed E-state index contributed by atoms with van der Waals surface area (Å²) in [6.45, 7) is 0. The molecule has 0 unspecified atom stereocenters. The van der Waals surface area contributed by atoms with Crippen LogP contribution in [-0.4, -0.2) is 25.4 Å². The van der Waals surface area contributed by atoms with Crippen molar-refractivity contribution >= 4 is 17.3 Å². The molecule has 7 heteroatoms. The summed E-state index contributed by atoms with van der Waals surface area (Å²) in [7, 11) is 2.51. The van der Waals surface area contributed by atoms with E-state index >= 15 is 0 Å². The van der Waals surface area contributed by atoms with Crippen LogP contribution in [0.3, 0.4) is 0 Å². The number of methoxy groups -OCH3 is 2. The van der Waals surface area contributed by atoms with Crippen molar-refractivity contribution in [3.8, 4) is 23.0 Å². The fraction of sp³-hybridized carbons (Fsp3) is 0.133. The lowest BCUT2D eigenvalue weighted by atomic mass is 10.1. The van der Waals surface area contributed by atoms with Crippen LogP contribution in [0.2, 0.25) is 0 Å². The van der Waals surface area contributed by atoms with E-state index in [1.807, 2.05) is 0 Å². The van der Waals surface area contributed by atoms with Gasteiger partial charge in [0, 0.05) is 6.07 Å². The van der Waals surface area contributed by atoms with Crippen LogP contribution in [0.5, 0.6) is 11.5 Å². The summed E-state index contributed by atoms with van der Waals surface area (Å²) in [6.07, 6.45) is -0.958. The SMILES string of the molecule is COC(=O)Oc1cc(=O)c(OC)c2oc3ccccc3nc1-2. The highest BCUT2D eigenvalue weighted by molar-refractivity contribution is 5.81. The third-order valence-corrected chi connectivity index (χ3v) is 3.01. The van der Waals surface area contributed by atoms with Crippen LogP contribution >= 0.6 is 0 Å². The minimum Gasteiger partial charge on any atom is -0.490 e. The molecule has 0 amide bonds. The van der Waals surface area contributed by atoms with E-state index < -0.39 is 11.6 Å². The number of ether oxygens (including phenoxy) is 3. The van der Waals surface area contributed by atoms with E-state index in [0.717, 1.165) is 6.07 Å². The Labute approximate surface area is 124 Å². The lowest BCUT2D eigenvalue weighted by Gasteiger charge is -2.13. The van der Waals surface area contributed by atoms with Gasteiger partial charge < -0.3 is 18.6 Å². The molecule has 112 valence electrons. The second-order valence-corrected chi connectivity index (χ2v) is 4.32. The van der Waals surface area contributed by atoms with Crippen LogP contribution < -0.4 is 14.9 Å². The molecule has 0 N–H and O–H groups in total. The molecule has 7 nitrogen and oxygen atoms in total. The van der Waals surface area contributed by atoms with Crippen LogP contribution in [0.1, 0.15) is 0 Å². The zero-order valence-corrected chi connectivity index (χ0v) is 11.8. The standard InChI is InChI=1S/C15H11NO6/c1-19-13-9(17)7-11(22-15(18)20-2)12-14(13)21-10-6-4-3-5-8(10)16-12/h3-7H,1-2H3. The molecule has 0 spiro atoms. The number of carbonyl (C=O) groups excluding carboxylic acids is 1. The third-order valence-electron chi connectivity index (χ3n) is 3.01. The normalized spacial score (nSPS) is 10.6. The van der Waals surface area contributed by atoms with E-state index in [4.69, 9.17) is 13.9 Å². The number of nitrogens with zero attached hydrogens (tertiary/aromatic N) is 1. The summed E-state index contributed by atoms with van der Waals surface area (Å²) < 4.78 is 20.2. The van der Waals surface area contributed by atoms with Gasteiger partial charge in [0.1, 0.15) is 5.52 Å². The van der Waals surface area contributed by atoms with E-state index in [2.05, 4.69) is 9.72 Å². The van der Waals surface area contributed by atoms with Crippen molar-refractivity contribution in [1.82, 2.24) is 4.98 Å². The molecule has 1 aromatic rings. The first-order chi connectivity index (χ1) is 10.6. The van der Waals surface area contributed by atoms with Gasteiger partial charge in [-0.25, -0.2) is 9.78 Å². The molecule has 0 saturated carbocycles. The first kappa shape index (κ1) is 13.9. The molecule has 0 fully saturated rings. The predicted molar refractivity (Wildman–Crippen MR) is 76.5 cm³/mol. The van der Waals surface area contributed by atoms with E-state index in [-0.39, 0.29) is 23.0 Å². The van der Waals surface area contributed by atoms with Gasteiger partial charge in [-0.1, -0.05) is 12.1 Å². The van der Waals surface area contributed by atoms with Crippen molar-refractivity contribution in [1.29, 1.82) is 0 Å². The molecule has 0 atom stereocenters. The Kier molecular flexibility index (Phi) is 3.38. The molecule has 2 aliphatic rings. The first-order valence-electron chi connectivity index (χ1n) is 6.30. The van der Waals surface area contributed by atoms with Crippen molar-refractivity contribution in [3.05, 3.63) is 40.6 Å². The summed E-state index contributed by atoms with van der Waals surface area (Å²) in [6, 6.07) is 8.11. The molecular formula is C15H11NO6. The number of para-hydroxylation sites is 2. The molecule has 0 saturated heterocycles. The molecule has 3 rings (SSSR count). The van der Waals surface area contributed by atoms with E-state index in [1.165, 1.54) is 14.2 Å². The molecule has 1 aliphatic carbocycles. The smallest absolute Gasteiger partial charge is 0.490 e. The number of hydrogen-bond donors (Lipinski definition) is 0. The number of benzene rings is 2. The van der Waals surface area contributed by atoms with Crippen LogP contribution in [0.15, 0.2) is 39.5 Å². The Morgan fingerprint density at radius 1 is 1.23 bits per heavy atom. The highest BCUT2D eigenvalue weighted by atomic mass is 16.7. The van der Waals surface area contributed by atoms with Gasteiger partial charge in [-0.3, -0.25) is 4.79 Å². The minimum absolute atomic E-state index is 0.00883. The van der Waals surface area contributed by atoms with Gasteiger partial charge in [-0.2, -0.15) is 0 Å². The third kappa shape index (κ3) is 2.22. The summed E-state index contributed by atoms with van der Waals surface area (Å²) >= 11 is 0. The summed E-state index contributed by atoms with van der Waals surface area (Å²) in [5.74, 6) is 0.0419. The molecule has 0 aromatic heterocycles. The maximum Gasteiger partial charge on any atom is 0.513 e. The molecule has 0 radical (unpaired) electrons. The van der Waals surface area contributed by atoms with E-state index in [0.29, 0.717) is 11.1 Å². The van der Waals surface area contributed by atoms with Crippen molar-refractivity contribution in [2.45, 2.75) is 0 Å². The van der Waals surface area contributed by atoms with Crippen molar-refractivity contribution in [2.24, 2.45) is 0 Å². The maximum absolute atomic E-state index is 12.0. The van der Waals surface area contributed by atoms with Crippen molar-refractivity contribution < 1.29 is 23.4 Å². The van der Waals surface area contributed by atoms with Gasteiger partial charge >= 0.3 is 6.16 Å². The topological polar surface area (TPSA) is 87.9 Å². The largest absolute Gasteiger partial charge is 0.513 e. The Balaban J connectivity index is 2.35. The van der Waals surface area contributed by atoms with Crippen LogP contribution in [-0.2, 0) is 4.74 Å². The van der Waals surface area contributed by atoms with Crippen LogP contribution in [0, 0.1) is 0 Å². The second kappa shape index (κ2) is 5.36. The van der Waals surface area contributed by atoms with Gasteiger partial charge in [0.2, 0.25) is 16.9 Å². The average molecular weight is 301 g/mol. The number of rotatable bonds is 2. The number of carbonyl (C=O) groups is 1. The Morgan fingerprint density at radius 3 is 2.73 bits per heavy atom. The molecule has 22 heavy (non-hydrogen) atoms. The number of fused-ring (bicyclic) bond motifs is 2. The minimum atomic E-state index is -0.958. The molecular weight excluding hydrogens is 290 g/mol. The lowest BCUT2D eigenvalue weighted by Crippen LogP contribution is -2.14. The second-order valence-electron chi connectivity index (χ2n) is 4.32. The average Bonchev–Trinajstić information content (AvgIpc) is 2.53. The fourth-order valence-corrected chi connectivity index (χ4v) is 2.05. The first-order valence-corrected chi connectivity index (χ1v) is 6.30. The van der Waals surface area contributed by atoms with Gasteiger partial charge in [-0.05, 0) is 12.1 Å². The molecule has 1 heterocycles. The van der Waals surface area contributed by atoms with Gasteiger partial charge in [-0.15, -0.1) is 0 Å². The zero-order chi connectivity index (χ0) is 15.7. The summed E-state index contributed by atoms with van der Waals surface area (Å²) in [5, 5.41) is 0. The quantitative estimate of drug-likeness (QED) is 0.408. The highest BCUT2D eigenvalue weighted by Crippen LogP contribution is 2.37. The lowest BCUT2D eigenvalue weighted by molar-refractivity contribution is 0.121. The van der Waals surface area contributed by atoms with E-state index in [9.17, 15) is 9.59 Å². The Hall–Kier alpha value is -3.09. The number of aromatic nitrogens is 1. The van der Waals surface area contributed by atoms with Gasteiger partial charge in [0.15, 0.2) is 17.0 Å². The van der Waals surface area contributed by atoms with Gasteiger partial charge in [0.05, 0.1) is 14.2 Å². The monoisotopic (exact) mass is 301 g/mol. The molecule has 1 aliphatic heterocycles. The Morgan fingerprint density at radius 2 is 2.00 bits per heavy atom. The summed E-state index contributed by atoms with van der Waals surface area (Å²) in [4.78, 5) is 27.7. The van der Waals surface area contributed by atoms with Crippen molar-refractivity contribution in [2.75, 3.05) is 14.2 Å². The van der Waals surface area contributed by atoms with Gasteiger partial charge in [0.25, 0.3) is 0 Å². The zero-order valence-electron chi connectivity index (χ0n) is 11.8. The molecule has 0 bridgehead atoms. The number of hydrogen-bond acceptors (Lipinski definition) is 7. The Bertz CT molecular complexity index is 885. The summed E-state index contributed by atoms with van der Waals surface area (Å²) in [5.41, 5.74) is 0.726. The highest BCUT2D eigenvalue weighted by Gasteiger charge is 2.25. The van der Waals surface area contributed by atoms with Crippen LogP contribution in [0.4, 0.5) is 4.79 Å². The maximum atomic E-state index is 12.0.